The van der Waals surface area contributed by atoms with Crippen molar-refractivity contribution in [2.75, 3.05) is 25.4 Å². The van der Waals surface area contributed by atoms with Crippen LogP contribution in [0.2, 0.25) is 0 Å². The second-order valence-electron chi connectivity index (χ2n) is 8.46. The van der Waals surface area contributed by atoms with E-state index >= 15 is 0 Å². The van der Waals surface area contributed by atoms with E-state index in [4.69, 9.17) is 10.7 Å². The molecule has 146 valence electrons. The molecule has 5 rings (SSSR count). The highest BCUT2D eigenvalue weighted by Crippen LogP contribution is 2.35. The molecule has 2 amide bonds. The molecule has 3 heterocycles. The second kappa shape index (κ2) is 6.76. The summed E-state index contributed by atoms with van der Waals surface area (Å²) < 4.78 is 0. The molecule has 0 radical (unpaired) electrons. The minimum Gasteiger partial charge on any atom is -0.397 e. The van der Waals surface area contributed by atoms with Crippen LogP contribution in [-0.2, 0) is 9.59 Å². The molecule has 3 aliphatic rings. The number of fused-ring (bicyclic) bond motifs is 1. The summed E-state index contributed by atoms with van der Waals surface area (Å²) in [6.07, 6.45) is 4.47. The van der Waals surface area contributed by atoms with Gasteiger partial charge in [-0.25, -0.2) is 0 Å². The Morgan fingerprint density at radius 2 is 1.96 bits per heavy atom. The van der Waals surface area contributed by atoms with E-state index in [0.29, 0.717) is 31.2 Å². The molecule has 1 aromatic carbocycles. The van der Waals surface area contributed by atoms with E-state index in [1.807, 2.05) is 40.1 Å². The number of benzene rings is 1. The molecule has 1 aromatic heterocycles. The highest BCUT2D eigenvalue weighted by atomic mass is 16.2. The van der Waals surface area contributed by atoms with Gasteiger partial charge in [0.05, 0.1) is 22.8 Å². The highest BCUT2D eigenvalue weighted by molar-refractivity contribution is 5.89. The number of anilines is 1. The van der Waals surface area contributed by atoms with Crippen LogP contribution in [0.1, 0.15) is 43.7 Å². The summed E-state index contributed by atoms with van der Waals surface area (Å²) >= 11 is 0. The SMILES string of the molecule is Nc1cc2ccccc2nc1[C@@H]1CCCN(C(=O)[C@H]2CC(=O)N(C3CC3)C2)C1. The van der Waals surface area contributed by atoms with Crippen molar-refractivity contribution in [2.24, 2.45) is 5.92 Å². The molecule has 0 spiro atoms. The summed E-state index contributed by atoms with van der Waals surface area (Å²) in [4.78, 5) is 34.0. The maximum absolute atomic E-state index is 13.1. The van der Waals surface area contributed by atoms with Gasteiger partial charge < -0.3 is 15.5 Å². The van der Waals surface area contributed by atoms with Crippen molar-refractivity contribution in [1.29, 1.82) is 0 Å². The second-order valence-corrected chi connectivity index (χ2v) is 8.46. The van der Waals surface area contributed by atoms with Gasteiger partial charge >= 0.3 is 0 Å². The number of likely N-dealkylation sites (tertiary alicyclic amines) is 2. The number of hydrogen-bond acceptors (Lipinski definition) is 4. The Morgan fingerprint density at radius 1 is 1.14 bits per heavy atom. The first-order chi connectivity index (χ1) is 13.6. The lowest BCUT2D eigenvalue weighted by Gasteiger charge is -2.34. The summed E-state index contributed by atoms with van der Waals surface area (Å²) in [5, 5.41) is 1.04. The van der Waals surface area contributed by atoms with Gasteiger partial charge in [0, 0.05) is 43.4 Å². The zero-order valence-electron chi connectivity index (χ0n) is 16.0. The van der Waals surface area contributed by atoms with Gasteiger partial charge in [-0.05, 0) is 37.8 Å². The number of amides is 2. The Labute approximate surface area is 164 Å². The van der Waals surface area contributed by atoms with Crippen LogP contribution in [0, 0.1) is 5.92 Å². The molecule has 0 bridgehead atoms. The van der Waals surface area contributed by atoms with Gasteiger partial charge in [0.25, 0.3) is 0 Å². The first-order valence-electron chi connectivity index (χ1n) is 10.3. The van der Waals surface area contributed by atoms with Gasteiger partial charge in [-0.3, -0.25) is 14.6 Å². The van der Waals surface area contributed by atoms with E-state index in [2.05, 4.69) is 0 Å². The Bertz CT molecular complexity index is 939. The van der Waals surface area contributed by atoms with Crippen molar-refractivity contribution in [2.45, 2.75) is 44.1 Å². The van der Waals surface area contributed by atoms with Crippen molar-refractivity contribution in [1.82, 2.24) is 14.8 Å². The number of nitrogens with zero attached hydrogens (tertiary/aromatic N) is 3. The molecule has 2 aromatic rings. The van der Waals surface area contributed by atoms with Crippen LogP contribution >= 0.6 is 0 Å². The fraction of sp³-hybridized carbons (Fsp3) is 0.500. The third-order valence-electron chi connectivity index (χ3n) is 6.40. The number of pyridine rings is 1. The topological polar surface area (TPSA) is 79.5 Å². The Balaban J connectivity index is 1.33. The van der Waals surface area contributed by atoms with Crippen LogP contribution in [0.3, 0.4) is 0 Å². The lowest BCUT2D eigenvalue weighted by atomic mass is 9.91. The zero-order valence-corrected chi connectivity index (χ0v) is 16.0. The number of aromatic nitrogens is 1. The van der Waals surface area contributed by atoms with Gasteiger partial charge in [-0.1, -0.05) is 18.2 Å². The Kier molecular flexibility index (Phi) is 4.22. The average molecular weight is 378 g/mol. The number of rotatable bonds is 3. The molecule has 2 aliphatic heterocycles. The van der Waals surface area contributed by atoms with Crippen LogP contribution < -0.4 is 5.73 Å². The molecule has 0 unspecified atom stereocenters. The normalized spacial score (nSPS) is 25.5. The van der Waals surface area contributed by atoms with Crippen molar-refractivity contribution >= 4 is 28.4 Å². The third-order valence-corrected chi connectivity index (χ3v) is 6.40. The van der Waals surface area contributed by atoms with E-state index < -0.39 is 0 Å². The van der Waals surface area contributed by atoms with Crippen molar-refractivity contribution in [3.8, 4) is 0 Å². The largest absolute Gasteiger partial charge is 0.397 e. The van der Waals surface area contributed by atoms with E-state index in [-0.39, 0.29) is 23.7 Å². The van der Waals surface area contributed by atoms with Crippen molar-refractivity contribution in [3.63, 3.8) is 0 Å². The number of nitrogen functional groups attached to an aromatic ring is 1. The van der Waals surface area contributed by atoms with Crippen LogP contribution in [0.25, 0.3) is 10.9 Å². The molecular weight excluding hydrogens is 352 g/mol. The summed E-state index contributed by atoms with van der Waals surface area (Å²) in [6.45, 7) is 2.00. The van der Waals surface area contributed by atoms with Crippen molar-refractivity contribution < 1.29 is 9.59 Å². The van der Waals surface area contributed by atoms with Gasteiger partial charge in [0.2, 0.25) is 11.8 Å². The first kappa shape index (κ1) is 17.5. The van der Waals surface area contributed by atoms with Gasteiger partial charge in [-0.15, -0.1) is 0 Å². The first-order valence-corrected chi connectivity index (χ1v) is 10.3. The lowest BCUT2D eigenvalue weighted by molar-refractivity contribution is -0.137. The summed E-state index contributed by atoms with van der Waals surface area (Å²) in [5.41, 5.74) is 8.87. The molecule has 6 nitrogen and oxygen atoms in total. The molecule has 2 saturated heterocycles. The Morgan fingerprint density at radius 3 is 2.79 bits per heavy atom. The number of carbonyl (C=O) groups is 2. The maximum atomic E-state index is 13.1. The van der Waals surface area contributed by atoms with E-state index in [1.54, 1.807) is 0 Å². The monoisotopic (exact) mass is 378 g/mol. The summed E-state index contributed by atoms with van der Waals surface area (Å²) in [6, 6.07) is 10.4. The van der Waals surface area contributed by atoms with Gasteiger partial charge in [-0.2, -0.15) is 0 Å². The number of para-hydroxylation sites is 1. The number of nitrogens with two attached hydrogens (primary N) is 1. The molecule has 3 fully saturated rings. The molecule has 6 heteroatoms. The minimum atomic E-state index is -0.186. The number of carbonyl (C=O) groups excluding carboxylic acids is 2. The zero-order chi connectivity index (χ0) is 19.3. The third kappa shape index (κ3) is 3.11. The fourth-order valence-corrected chi connectivity index (χ4v) is 4.77. The van der Waals surface area contributed by atoms with Crippen LogP contribution in [0.15, 0.2) is 30.3 Å². The predicted octanol–water partition coefficient (Wildman–Crippen LogP) is 2.53. The van der Waals surface area contributed by atoms with Gasteiger partial charge in [0.15, 0.2) is 0 Å². The van der Waals surface area contributed by atoms with Crippen molar-refractivity contribution in [3.05, 3.63) is 36.0 Å². The smallest absolute Gasteiger partial charge is 0.228 e. The molecule has 1 aliphatic carbocycles. The Hall–Kier alpha value is -2.63. The predicted molar refractivity (Wildman–Crippen MR) is 108 cm³/mol. The molecule has 2 N–H and O–H groups in total. The summed E-state index contributed by atoms with van der Waals surface area (Å²) in [7, 11) is 0. The highest BCUT2D eigenvalue weighted by Gasteiger charge is 2.43. The molecular formula is C22H26N4O2. The van der Waals surface area contributed by atoms with Crippen LogP contribution in [0.5, 0.6) is 0 Å². The minimum absolute atomic E-state index is 0.126. The molecule has 28 heavy (non-hydrogen) atoms. The quantitative estimate of drug-likeness (QED) is 0.890. The summed E-state index contributed by atoms with van der Waals surface area (Å²) in [5.74, 6) is 0.239. The number of hydrogen-bond donors (Lipinski definition) is 1. The molecule has 2 atom stereocenters. The van der Waals surface area contributed by atoms with E-state index in [9.17, 15) is 9.59 Å². The lowest BCUT2D eigenvalue weighted by Crippen LogP contribution is -2.43. The standard InChI is InChI=1S/C22H26N4O2/c23-18-10-14-4-1-2-6-19(14)24-21(18)15-5-3-9-25(12-15)22(28)16-11-20(27)26(13-16)17-7-8-17/h1-2,4,6,10,15-17H,3,5,7-9,11-13,23H2/t15-,16+/m1/s1. The van der Waals surface area contributed by atoms with E-state index in [1.165, 1.54) is 0 Å². The van der Waals surface area contributed by atoms with Crippen LogP contribution in [0.4, 0.5) is 5.69 Å². The average Bonchev–Trinajstić information content (AvgIpc) is 3.48. The number of piperidine rings is 1. The molecule has 1 saturated carbocycles. The van der Waals surface area contributed by atoms with E-state index in [0.717, 1.165) is 48.8 Å². The maximum Gasteiger partial charge on any atom is 0.228 e. The fourth-order valence-electron chi connectivity index (χ4n) is 4.77. The van der Waals surface area contributed by atoms with Crippen LogP contribution in [-0.4, -0.2) is 52.3 Å². The van der Waals surface area contributed by atoms with Gasteiger partial charge in [0.1, 0.15) is 0 Å².